The summed E-state index contributed by atoms with van der Waals surface area (Å²) in [4.78, 5) is 0. The molecule has 0 aliphatic carbocycles. The van der Waals surface area contributed by atoms with E-state index in [1.807, 2.05) is 72.8 Å². The van der Waals surface area contributed by atoms with E-state index in [2.05, 4.69) is 51.6 Å². The van der Waals surface area contributed by atoms with Gasteiger partial charge in [0.1, 0.15) is 17.4 Å². The van der Waals surface area contributed by atoms with Crippen molar-refractivity contribution in [2.45, 2.75) is 35.1 Å². The highest BCUT2D eigenvalue weighted by Gasteiger charge is 2.25. The van der Waals surface area contributed by atoms with E-state index in [4.69, 9.17) is 9.05 Å². The van der Waals surface area contributed by atoms with Gasteiger partial charge in [-0.1, -0.05) is 71.0 Å². The molecule has 0 spiro atoms. The number of halogens is 2. The molecule has 0 unspecified atom stereocenters. The normalized spacial score (nSPS) is 11.6. The number of nitrogens with zero attached hydrogens (tertiary/aromatic N) is 2. The van der Waals surface area contributed by atoms with E-state index in [1.54, 1.807) is 24.6 Å². The van der Waals surface area contributed by atoms with E-state index in [9.17, 15) is 16.8 Å². The lowest BCUT2D eigenvalue weighted by atomic mass is 10.1. The molecule has 0 bridgehead atoms. The van der Waals surface area contributed by atoms with Gasteiger partial charge in [-0.15, -0.1) is 22.7 Å². The number of hydrogen-bond acceptors (Lipinski definition) is 10. The van der Waals surface area contributed by atoms with E-state index >= 15 is 0 Å². The van der Waals surface area contributed by atoms with Crippen molar-refractivity contribution in [1.82, 2.24) is 10.3 Å². The maximum Gasteiger partial charge on any atom is 0.274 e. The average molecular weight is 827 g/mol. The van der Waals surface area contributed by atoms with Crippen LogP contribution in [-0.2, 0) is 32.9 Å². The predicted molar refractivity (Wildman–Crippen MR) is 187 cm³/mol. The molecule has 6 rings (SSSR count). The van der Waals surface area contributed by atoms with Crippen LogP contribution in [0.1, 0.15) is 33.6 Å². The zero-order valence-corrected chi connectivity index (χ0v) is 30.7. The first-order valence-electron chi connectivity index (χ1n) is 13.4. The summed E-state index contributed by atoms with van der Waals surface area (Å²) < 4.78 is 67.0. The van der Waals surface area contributed by atoms with Crippen LogP contribution in [-0.4, -0.2) is 27.1 Å². The standard InChI is InChI=1S/2C15H13BrN2O3S2/c2*1-10-13(16)14(21-17-10)18-23(19,20)15-12(7-8-22-15)9-11-5-3-2-4-6-11/h2*2-8,18H,9H2,1H3. The summed E-state index contributed by atoms with van der Waals surface area (Å²) in [5, 5.41) is 11.0. The van der Waals surface area contributed by atoms with Gasteiger partial charge < -0.3 is 9.05 Å². The number of sulfonamides is 2. The lowest BCUT2D eigenvalue weighted by molar-refractivity contribution is 0.430. The van der Waals surface area contributed by atoms with Crippen LogP contribution in [0.15, 0.2) is 110 Å². The SMILES string of the molecule is Cc1noc(NS(=O)(=O)c2sccc2Cc2ccccc2)c1Br.Cc1noc(NS(=O)(=O)c2sccc2Cc2ccccc2)c1Br. The average Bonchev–Trinajstić information content (AvgIpc) is 3.83. The third kappa shape index (κ3) is 8.16. The Morgan fingerprint density at radius 2 is 1.00 bits per heavy atom. The van der Waals surface area contributed by atoms with Crippen molar-refractivity contribution in [3.63, 3.8) is 0 Å². The number of nitrogens with one attached hydrogen (secondary N) is 2. The maximum absolute atomic E-state index is 12.6. The fourth-order valence-electron chi connectivity index (χ4n) is 4.19. The Hall–Kier alpha value is -3.28. The summed E-state index contributed by atoms with van der Waals surface area (Å²) in [6, 6.07) is 23.1. The lowest BCUT2D eigenvalue weighted by Crippen LogP contribution is -2.13. The van der Waals surface area contributed by atoms with Crippen LogP contribution in [0.5, 0.6) is 0 Å². The van der Waals surface area contributed by atoms with Gasteiger partial charge in [0.05, 0.1) is 11.4 Å². The molecule has 4 aromatic heterocycles. The lowest BCUT2D eigenvalue weighted by Gasteiger charge is -2.07. The fraction of sp³-hybridized carbons (Fsp3) is 0.133. The summed E-state index contributed by atoms with van der Waals surface area (Å²) in [7, 11) is -7.45. The van der Waals surface area contributed by atoms with Crippen LogP contribution in [0.2, 0.25) is 0 Å². The Labute approximate surface area is 291 Å². The molecule has 0 radical (unpaired) electrons. The third-order valence-corrected chi connectivity index (χ3v) is 14.1. The molecule has 16 heteroatoms. The smallest absolute Gasteiger partial charge is 0.274 e. The summed E-state index contributed by atoms with van der Waals surface area (Å²) in [6.45, 7) is 3.44. The Bertz CT molecular complexity index is 1990. The molecule has 0 aliphatic rings. The van der Waals surface area contributed by atoms with Gasteiger partial charge in [-0.25, -0.2) is 26.3 Å². The first-order valence-corrected chi connectivity index (χ1v) is 19.8. The summed E-state index contributed by atoms with van der Waals surface area (Å²) in [5.41, 5.74) is 4.77. The Morgan fingerprint density at radius 3 is 1.33 bits per heavy atom. The van der Waals surface area contributed by atoms with Crippen molar-refractivity contribution >= 4 is 86.3 Å². The number of benzene rings is 2. The molecular weight excluding hydrogens is 800 g/mol. The van der Waals surface area contributed by atoms with Crippen LogP contribution < -0.4 is 9.44 Å². The number of aromatic nitrogens is 2. The minimum absolute atomic E-state index is 0.0848. The molecule has 0 aliphatic heterocycles. The highest BCUT2D eigenvalue weighted by atomic mass is 79.9. The summed E-state index contributed by atoms with van der Waals surface area (Å²) in [5.74, 6) is 0.170. The second-order valence-electron chi connectivity index (χ2n) is 9.82. The minimum Gasteiger partial charge on any atom is -0.336 e. The quantitative estimate of drug-likeness (QED) is 0.140. The zero-order chi connectivity index (χ0) is 32.9. The van der Waals surface area contributed by atoms with E-state index in [0.29, 0.717) is 33.2 Å². The van der Waals surface area contributed by atoms with Crippen molar-refractivity contribution in [2.75, 3.05) is 9.44 Å². The summed E-state index contributed by atoms with van der Waals surface area (Å²) >= 11 is 8.88. The second kappa shape index (κ2) is 14.6. The highest BCUT2D eigenvalue weighted by Crippen LogP contribution is 2.33. The van der Waals surface area contributed by atoms with Crippen molar-refractivity contribution in [1.29, 1.82) is 0 Å². The molecule has 10 nitrogen and oxygen atoms in total. The molecule has 0 saturated heterocycles. The van der Waals surface area contributed by atoms with Crippen molar-refractivity contribution in [3.05, 3.63) is 126 Å². The molecular formula is C30H26Br2N4O6S4. The van der Waals surface area contributed by atoms with Crippen LogP contribution >= 0.6 is 54.5 Å². The number of hydrogen-bond donors (Lipinski definition) is 2. The summed E-state index contributed by atoms with van der Waals surface area (Å²) in [6.07, 6.45) is 1.11. The highest BCUT2D eigenvalue weighted by molar-refractivity contribution is 9.11. The van der Waals surface area contributed by atoms with Gasteiger partial charge in [-0.3, -0.25) is 0 Å². The predicted octanol–water partition coefficient (Wildman–Crippen LogP) is 8.40. The van der Waals surface area contributed by atoms with Crippen LogP contribution in [0.4, 0.5) is 11.8 Å². The van der Waals surface area contributed by atoms with Crippen molar-refractivity contribution < 1.29 is 25.9 Å². The largest absolute Gasteiger partial charge is 0.336 e. The molecule has 0 atom stereocenters. The molecule has 0 amide bonds. The van der Waals surface area contributed by atoms with Crippen molar-refractivity contribution in [3.8, 4) is 0 Å². The molecule has 0 saturated carbocycles. The first-order chi connectivity index (χ1) is 21.9. The molecule has 4 heterocycles. The monoisotopic (exact) mass is 824 g/mol. The maximum atomic E-state index is 12.6. The third-order valence-electron chi connectivity index (χ3n) is 6.41. The van der Waals surface area contributed by atoms with E-state index < -0.39 is 20.0 Å². The first kappa shape index (κ1) is 34.1. The van der Waals surface area contributed by atoms with E-state index in [1.165, 1.54) is 22.7 Å². The van der Waals surface area contributed by atoms with Crippen LogP contribution in [0.3, 0.4) is 0 Å². The number of anilines is 2. The van der Waals surface area contributed by atoms with Gasteiger partial charge >= 0.3 is 0 Å². The van der Waals surface area contributed by atoms with Gasteiger partial charge in [0.25, 0.3) is 31.8 Å². The van der Waals surface area contributed by atoms with E-state index in [0.717, 1.165) is 22.3 Å². The minimum atomic E-state index is -3.73. The van der Waals surface area contributed by atoms with Gasteiger partial charge in [-0.2, -0.15) is 0 Å². The molecule has 46 heavy (non-hydrogen) atoms. The fourth-order valence-corrected chi connectivity index (χ4v) is 9.75. The molecule has 2 aromatic carbocycles. The topological polar surface area (TPSA) is 144 Å². The molecule has 0 fully saturated rings. The van der Waals surface area contributed by atoms with Gasteiger partial charge in [0.2, 0.25) is 0 Å². The molecule has 2 N–H and O–H groups in total. The van der Waals surface area contributed by atoms with Gasteiger partial charge in [0, 0.05) is 0 Å². The number of rotatable bonds is 10. The second-order valence-corrected chi connectivity index (χ2v) is 17.0. The number of aryl methyl sites for hydroxylation is 2. The Balaban J connectivity index is 0.000000181. The van der Waals surface area contributed by atoms with Crippen LogP contribution in [0, 0.1) is 13.8 Å². The molecule has 6 aromatic rings. The number of thiophene rings is 2. The Morgan fingerprint density at radius 1 is 0.630 bits per heavy atom. The Kier molecular flexibility index (Phi) is 10.8. The van der Waals surface area contributed by atoms with Gasteiger partial charge in [0.15, 0.2) is 0 Å². The van der Waals surface area contributed by atoms with Crippen LogP contribution in [0.25, 0.3) is 0 Å². The van der Waals surface area contributed by atoms with E-state index in [-0.39, 0.29) is 20.2 Å². The van der Waals surface area contributed by atoms with Crippen molar-refractivity contribution in [2.24, 2.45) is 0 Å². The molecule has 240 valence electrons. The van der Waals surface area contributed by atoms with Gasteiger partial charge in [-0.05, 0) is 104 Å². The zero-order valence-electron chi connectivity index (χ0n) is 24.2.